The number of rotatable bonds is 4. The predicted molar refractivity (Wildman–Crippen MR) is 73.8 cm³/mol. The molecule has 0 unspecified atom stereocenters. The summed E-state index contributed by atoms with van der Waals surface area (Å²) in [6, 6.07) is 5.86. The second-order valence-electron chi connectivity index (χ2n) is 4.07. The number of aryl methyl sites for hydroxylation is 1. The number of benzene rings is 1. The summed E-state index contributed by atoms with van der Waals surface area (Å²) in [4.78, 5) is 22.5. The maximum atomic E-state index is 12.1. The van der Waals surface area contributed by atoms with E-state index in [-0.39, 0.29) is 11.3 Å². The van der Waals surface area contributed by atoms with E-state index in [9.17, 15) is 14.9 Å². The smallest absolute Gasteiger partial charge is 0.282 e. The fraction of sp³-hybridized carbons (Fsp3) is 0.167. The molecule has 2 aromatic rings. The lowest BCUT2D eigenvalue weighted by Crippen LogP contribution is -2.15. The van der Waals surface area contributed by atoms with Gasteiger partial charge in [0.1, 0.15) is 5.56 Å². The number of carbonyl (C=O) groups excluding carboxylic acids is 1. The molecule has 0 fully saturated rings. The van der Waals surface area contributed by atoms with Gasteiger partial charge in [0.25, 0.3) is 11.6 Å². The van der Waals surface area contributed by atoms with Crippen LogP contribution in [-0.2, 0) is 7.05 Å². The van der Waals surface area contributed by atoms with Crippen molar-refractivity contribution in [1.29, 1.82) is 0 Å². The summed E-state index contributed by atoms with van der Waals surface area (Å²) in [6.07, 6.45) is 1.66. The molecule has 1 aromatic carbocycles. The third kappa shape index (κ3) is 2.74. The lowest BCUT2D eigenvalue weighted by molar-refractivity contribution is -0.385. The van der Waals surface area contributed by atoms with E-state index in [1.807, 2.05) is 0 Å². The standard InChI is InChI=1S/C12H13N5O3/c1-13-8-3-4-10(17(19)20)9(7-8)12(18)14-11-5-6-16(2)15-11/h3-7,13H,1-2H3,(H,14,15,18). The van der Waals surface area contributed by atoms with Crippen molar-refractivity contribution < 1.29 is 9.72 Å². The summed E-state index contributed by atoms with van der Waals surface area (Å²) in [7, 11) is 3.38. The first kappa shape index (κ1) is 13.5. The predicted octanol–water partition coefficient (Wildman–Crippen LogP) is 1.62. The van der Waals surface area contributed by atoms with Gasteiger partial charge in [0, 0.05) is 38.1 Å². The molecule has 0 bridgehead atoms. The maximum Gasteiger partial charge on any atom is 0.282 e. The van der Waals surface area contributed by atoms with Gasteiger partial charge in [0.2, 0.25) is 0 Å². The number of nitrogens with zero attached hydrogens (tertiary/aromatic N) is 3. The Morgan fingerprint density at radius 2 is 2.15 bits per heavy atom. The van der Waals surface area contributed by atoms with Crippen LogP contribution in [0.2, 0.25) is 0 Å². The van der Waals surface area contributed by atoms with Gasteiger partial charge in [-0.2, -0.15) is 5.10 Å². The summed E-state index contributed by atoms with van der Waals surface area (Å²) >= 11 is 0. The molecule has 0 radical (unpaired) electrons. The van der Waals surface area contributed by atoms with Crippen molar-refractivity contribution >= 4 is 23.1 Å². The molecule has 1 amide bonds. The van der Waals surface area contributed by atoms with Crippen LogP contribution in [-0.4, -0.2) is 27.7 Å². The van der Waals surface area contributed by atoms with E-state index in [1.54, 1.807) is 26.4 Å². The van der Waals surface area contributed by atoms with Crippen molar-refractivity contribution in [2.24, 2.45) is 7.05 Å². The summed E-state index contributed by atoms with van der Waals surface area (Å²) in [5.74, 6) is -0.242. The number of hydrogen-bond acceptors (Lipinski definition) is 5. The Morgan fingerprint density at radius 1 is 1.40 bits per heavy atom. The van der Waals surface area contributed by atoms with Gasteiger partial charge < -0.3 is 10.6 Å². The van der Waals surface area contributed by atoms with Crippen LogP contribution in [0.5, 0.6) is 0 Å². The van der Waals surface area contributed by atoms with E-state index in [0.717, 1.165) is 0 Å². The first-order chi connectivity index (χ1) is 9.51. The van der Waals surface area contributed by atoms with E-state index >= 15 is 0 Å². The SMILES string of the molecule is CNc1ccc([N+](=O)[O-])c(C(=O)Nc2ccn(C)n2)c1. The molecule has 104 valence electrons. The molecule has 0 atom stereocenters. The lowest BCUT2D eigenvalue weighted by atomic mass is 10.1. The highest BCUT2D eigenvalue weighted by Gasteiger charge is 2.21. The zero-order valence-corrected chi connectivity index (χ0v) is 11.0. The summed E-state index contributed by atoms with van der Waals surface area (Å²) in [6.45, 7) is 0. The van der Waals surface area contributed by atoms with Crippen LogP contribution in [0.15, 0.2) is 30.5 Å². The van der Waals surface area contributed by atoms with Crippen LogP contribution in [0.1, 0.15) is 10.4 Å². The fourth-order valence-electron chi connectivity index (χ4n) is 1.70. The highest BCUT2D eigenvalue weighted by molar-refractivity contribution is 6.07. The monoisotopic (exact) mass is 275 g/mol. The number of nitro groups is 1. The topological polar surface area (TPSA) is 102 Å². The van der Waals surface area contributed by atoms with Gasteiger partial charge in [-0.3, -0.25) is 19.6 Å². The Balaban J connectivity index is 2.34. The summed E-state index contributed by atoms with van der Waals surface area (Å²) in [5, 5.41) is 20.3. The third-order valence-corrected chi connectivity index (χ3v) is 2.68. The van der Waals surface area contributed by atoms with Crippen LogP contribution < -0.4 is 10.6 Å². The second kappa shape index (κ2) is 5.39. The molecular formula is C12H13N5O3. The minimum atomic E-state index is -0.591. The molecular weight excluding hydrogens is 262 g/mol. The molecule has 1 heterocycles. The minimum Gasteiger partial charge on any atom is -0.388 e. The molecule has 8 heteroatoms. The summed E-state index contributed by atoms with van der Waals surface area (Å²) < 4.78 is 1.52. The van der Waals surface area contributed by atoms with E-state index in [2.05, 4.69) is 15.7 Å². The zero-order chi connectivity index (χ0) is 14.7. The van der Waals surface area contributed by atoms with Crippen molar-refractivity contribution in [1.82, 2.24) is 9.78 Å². The average Bonchev–Trinajstić information content (AvgIpc) is 2.83. The van der Waals surface area contributed by atoms with E-state index < -0.39 is 10.8 Å². The van der Waals surface area contributed by atoms with Gasteiger partial charge in [0.05, 0.1) is 4.92 Å². The van der Waals surface area contributed by atoms with Crippen molar-refractivity contribution in [3.8, 4) is 0 Å². The Labute approximate surface area is 114 Å². The molecule has 0 aliphatic carbocycles. The highest BCUT2D eigenvalue weighted by atomic mass is 16.6. The molecule has 0 saturated heterocycles. The van der Waals surface area contributed by atoms with Gasteiger partial charge in [-0.1, -0.05) is 0 Å². The molecule has 0 spiro atoms. The number of anilines is 2. The molecule has 0 saturated carbocycles. The van der Waals surface area contributed by atoms with Gasteiger partial charge in [0.15, 0.2) is 5.82 Å². The van der Waals surface area contributed by atoms with Crippen LogP contribution in [0.4, 0.5) is 17.2 Å². The molecule has 8 nitrogen and oxygen atoms in total. The summed E-state index contributed by atoms with van der Waals surface area (Å²) in [5.41, 5.74) is 0.340. The normalized spacial score (nSPS) is 10.1. The van der Waals surface area contributed by atoms with E-state index in [1.165, 1.54) is 22.9 Å². The first-order valence-corrected chi connectivity index (χ1v) is 5.78. The average molecular weight is 275 g/mol. The van der Waals surface area contributed by atoms with Crippen LogP contribution in [0, 0.1) is 10.1 Å². The quantitative estimate of drug-likeness (QED) is 0.652. The molecule has 20 heavy (non-hydrogen) atoms. The Hall–Kier alpha value is -2.90. The number of nitro benzene ring substituents is 1. The van der Waals surface area contributed by atoms with Crippen LogP contribution >= 0.6 is 0 Å². The highest BCUT2D eigenvalue weighted by Crippen LogP contribution is 2.23. The molecule has 0 aliphatic rings. The fourth-order valence-corrected chi connectivity index (χ4v) is 1.70. The Kier molecular flexibility index (Phi) is 3.65. The van der Waals surface area contributed by atoms with Gasteiger partial charge >= 0.3 is 0 Å². The van der Waals surface area contributed by atoms with Gasteiger partial charge in [-0.25, -0.2) is 0 Å². The third-order valence-electron chi connectivity index (χ3n) is 2.68. The van der Waals surface area contributed by atoms with Crippen molar-refractivity contribution in [3.05, 3.63) is 46.1 Å². The van der Waals surface area contributed by atoms with Crippen molar-refractivity contribution in [2.45, 2.75) is 0 Å². The molecule has 0 aliphatic heterocycles. The van der Waals surface area contributed by atoms with Crippen LogP contribution in [0.25, 0.3) is 0 Å². The number of carbonyl (C=O) groups is 1. The Morgan fingerprint density at radius 3 is 2.70 bits per heavy atom. The van der Waals surface area contributed by atoms with Crippen LogP contribution in [0.3, 0.4) is 0 Å². The van der Waals surface area contributed by atoms with Gasteiger partial charge in [-0.15, -0.1) is 0 Å². The maximum absolute atomic E-state index is 12.1. The molecule has 1 aromatic heterocycles. The molecule has 2 rings (SSSR count). The largest absolute Gasteiger partial charge is 0.388 e. The number of nitrogens with one attached hydrogen (secondary N) is 2. The number of aromatic nitrogens is 2. The zero-order valence-electron chi connectivity index (χ0n) is 11.0. The Bertz CT molecular complexity index is 665. The van der Waals surface area contributed by atoms with E-state index in [0.29, 0.717) is 11.5 Å². The minimum absolute atomic E-state index is 0.0208. The van der Waals surface area contributed by atoms with Gasteiger partial charge in [-0.05, 0) is 12.1 Å². The number of amides is 1. The molecule has 2 N–H and O–H groups in total. The second-order valence-corrected chi connectivity index (χ2v) is 4.07. The van der Waals surface area contributed by atoms with E-state index in [4.69, 9.17) is 0 Å². The lowest BCUT2D eigenvalue weighted by Gasteiger charge is -2.06. The first-order valence-electron chi connectivity index (χ1n) is 5.78. The van der Waals surface area contributed by atoms with Crippen molar-refractivity contribution in [2.75, 3.05) is 17.7 Å². The number of hydrogen-bond donors (Lipinski definition) is 2. The van der Waals surface area contributed by atoms with Crippen molar-refractivity contribution in [3.63, 3.8) is 0 Å².